The van der Waals surface area contributed by atoms with Gasteiger partial charge in [-0.15, -0.1) is 0 Å². The summed E-state index contributed by atoms with van der Waals surface area (Å²) in [7, 11) is 0. The van der Waals surface area contributed by atoms with Crippen molar-refractivity contribution < 1.29 is 4.74 Å². The lowest BCUT2D eigenvalue weighted by atomic mass is 10.00. The van der Waals surface area contributed by atoms with Gasteiger partial charge in [0.15, 0.2) is 0 Å². The Kier molecular flexibility index (Phi) is 7.48. The van der Waals surface area contributed by atoms with Crippen molar-refractivity contribution in [1.82, 2.24) is 10.3 Å². The van der Waals surface area contributed by atoms with Gasteiger partial charge in [-0.3, -0.25) is 0 Å². The van der Waals surface area contributed by atoms with Gasteiger partial charge >= 0.3 is 0 Å². The minimum Gasteiger partial charge on any atom is -0.492 e. The lowest BCUT2D eigenvalue weighted by Crippen LogP contribution is -2.35. The summed E-state index contributed by atoms with van der Waals surface area (Å²) < 4.78 is 5.95. The average Bonchev–Trinajstić information content (AvgIpc) is 2.72. The zero-order valence-electron chi connectivity index (χ0n) is 17.7. The van der Waals surface area contributed by atoms with Crippen LogP contribution in [0.4, 0.5) is 5.82 Å². The van der Waals surface area contributed by atoms with E-state index < -0.39 is 0 Å². The smallest absolute Gasteiger partial charge is 0.137 e. The number of benzene rings is 1. The number of nitriles is 1. The highest BCUT2D eigenvalue weighted by Crippen LogP contribution is 2.28. The molecule has 2 N–H and O–H groups in total. The first kappa shape index (κ1) is 21.1. The molecule has 2 heterocycles. The predicted molar refractivity (Wildman–Crippen MR) is 118 cm³/mol. The van der Waals surface area contributed by atoms with E-state index in [0.717, 1.165) is 49.3 Å². The molecule has 1 aliphatic rings. The summed E-state index contributed by atoms with van der Waals surface area (Å²) in [5.41, 5.74) is 2.62. The van der Waals surface area contributed by atoms with Crippen molar-refractivity contribution in [3.8, 4) is 22.9 Å². The maximum atomic E-state index is 9.61. The molecule has 1 atom stereocenters. The first-order chi connectivity index (χ1) is 14.0. The SMILES string of the molecule is CC(C)C[C@@H](C)COc1ccc(-c2ccnc(NC3CCNCC3)c2)cc1C#N. The van der Waals surface area contributed by atoms with E-state index >= 15 is 0 Å². The number of anilines is 1. The first-order valence-corrected chi connectivity index (χ1v) is 10.7. The predicted octanol–water partition coefficient (Wildman–Crippen LogP) is 4.85. The van der Waals surface area contributed by atoms with Gasteiger partial charge in [-0.2, -0.15) is 5.26 Å². The van der Waals surface area contributed by atoms with Gasteiger partial charge in [-0.05, 0) is 79.6 Å². The van der Waals surface area contributed by atoms with Crippen molar-refractivity contribution in [1.29, 1.82) is 5.26 Å². The van der Waals surface area contributed by atoms with Crippen molar-refractivity contribution >= 4 is 5.82 Å². The quantitative estimate of drug-likeness (QED) is 0.672. The van der Waals surface area contributed by atoms with Gasteiger partial charge < -0.3 is 15.4 Å². The molecule has 0 aliphatic carbocycles. The number of pyridine rings is 1. The third kappa shape index (κ3) is 6.20. The summed E-state index contributed by atoms with van der Waals surface area (Å²) in [6.45, 7) is 9.34. The number of nitrogens with one attached hydrogen (secondary N) is 2. The molecule has 1 fully saturated rings. The van der Waals surface area contributed by atoms with Crippen LogP contribution < -0.4 is 15.4 Å². The average molecular weight is 393 g/mol. The molecule has 0 bridgehead atoms. The first-order valence-electron chi connectivity index (χ1n) is 10.7. The fraction of sp³-hybridized carbons (Fsp3) is 0.500. The zero-order chi connectivity index (χ0) is 20.6. The molecule has 0 spiro atoms. The Morgan fingerprint density at radius 1 is 1.17 bits per heavy atom. The highest BCUT2D eigenvalue weighted by Gasteiger charge is 2.14. The van der Waals surface area contributed by atoms with Crippen LogP contribution >= 0.6 is 0 Å². The molecule has 0 unspecified atom stereocenters. The lowest BCUT2D eigenvalue weighted by Gasteiger charge is -2.24. The minimum absolute atomic E-state index is 0.456. The summed E-state index contributed by atoms with van der Waals surface area (Å²) >= 11 is 0. The second kappa shape index (κ2) is 10.3. The van der Waals surface area contributed by atoms with Crippen LogP contribution in [-0.2, 0) is 0 Å². The second-order valence-corrected chi connectivity index (χ2v) is 8.47. The Morgan fingerprint density at radius 2 is 1.93 bits per heavy atom. The van der Waals surface area contributed by atoms with Gasteiger partial charge in [0.05, 0.1) is 12.2 Å². The van der Waals surface area contributed by atoms with Crippen molar-refractivity contribution in [2.75, 3.05) is 25.0 Å². The Labute approximate surface area is 174 Å². The number of hydrogen-bond acceptors (Lipinski definition) is 5. The molecule has 154 valence electrons. The summed E-state index contributed by atoms with van der Waals surface area (Å²) in [5.74, 6) is 2.65. The van der Waals surface area contributed by atoms with Gasteiger partial charge in [0.2, 0.25) is 0 Å². The number of hydrogen-bond donors (Lipinski definition) is 2. The maximum absolute atomic E-state index is 9.61. The van der Waals surface area contributed by atoms with Gasteiger partial charge in [-0.25, -0.2) is 4.98 Å². The highest BCUT2D eigenvalue weighted by atomic mass is 16.5. The van der Waals surface area contributed by atoms with Gasteiger partial charge in [0, 0.05) is 12.2 Å². The fourth-order valence-electron chi connectivity index (χ4n) is 3.89. The lowest BCUT2D eigenvalue weighted by molar-refractivity contribution is 0.238. The molecule has 5 nitrogen and oxygen atoms in total. The van der Waals surface area contributed by atoms with Gasteiger partial charge in [-0.1, -0.05) is 26.8 Å². The van der Waals surface area contributed by atoms with E-state index in [0.29, 0.717) is 35.8 Å². The van der Waals surface area contributed by atoms with Gasteiger partial charge in [0.25, 0.3) is 0 Å². The molecular weight excluding hydrogens is 360 g/mol. The van der Waals surface area contributed by atoms with E-state index in [4.69, 9.17) is 4.74 Å². The van der Waals surface area contributed by atoms with Crippen LogP contribution in [0.5, 0.6) is 5.75 Å². The molecule has 1 aromatic heterocycles. The van der Waals surface area contributed by atoms with Crippen LogP contribution in [0.3, 0.4) is 0 Å². The third-order valence-electron chi connectivity index (χ3n) is 5.28. The monoisotopic (exact) mass is 392 g/mol. The molecule has 0 radical (unpaired) electrons. The minimum atomic E-state index is 0.456. The molecule has 0 saturated carbocycles. The fourth-order valence-corrected chi connectivity index (χ4v) is 3.89. The Hall–Kier alpha value is -2.58. The Morgan fingerprint density at radius 3 is 2.66 bits per heavy atom. The van der Waals surface area contributed by atoms with Crippen LogP contribution in [0.1, 0.15) is 45.6 Å². The zero-order valence-corrected chi connectivity index (χ0v) is 17.7. The van der Waals surface area contributed by atoms with E-state index in [9.17, 15) is 5.26 Å². The van der Waals surface area contributed by atoms with Crippen molar-refractivity contribution in [2.24, 2.45) is 11.8 Å². The van der Waals surface area contributed by atoms with Crippen LogP contribution in [0.25, 0.3) is 11.1 Å². The van der Waals surface area contributed by atoms with E-state index in [-0.39, 0.29) is 0 Å². The number of nitrogens with zero attached hydrogens (tertiary/aromatic N) is 2. The molecule has 1 aromatic carbocycles. The third-order valence-corrected chi connectivity index (χ3v) is 5.28. The normalized spacial score (nSPS) is 15.7. The molecule has 1 aliphatic heterocycles. The summed E-state index contributed by atoms with van der Waals surface area (Å²) in [5, 5.41) is 16.5. The van der Waals surface area contributed by atoms with Crippen molar-refractivity contribution in [2.45, 2.75) is 46.1 Å². The van der Waals surface area contributed by atoms with E-state index in [1.54, 1.807) is 0 Å². The molecule has 5 heteroatoms. The van der Waals surface area contributed by atoms with Crippen molar-refractivity contribution in [3.63, 3.8) is 0 Å². The highest BCUT2D eigenvalue weighted by molar-refractivity contribution is 5.69. The maximum Gasteiger partial charge on any atom is 0.137 e. The van der Waals surface area contributed by atoms with Gasteiger partial charge in [0.1, 0.15) is 17.6 Å². The standard InChI is InChI=1S/C24H32N4O/c1-17(2)12-18(3)16-29-23-5-4-19(13-21(23)15-25)20-6-11-27-24(14-20)28-22-7-9-26-10-8-22/h4-6,11,13-14,17-18,22,26H,7-10,12,16H2,1-3H3,(H,27,28)/t18-/m1/s1. The van der Waals surface area contributed by atoms with Crippen molar-refractivity contribution in [3.05, 3.63) is 42.1 Å². The van der Waals surface area contributed by atoms with E-state index in [1.807, 2.05) is 30.5 Å². The Bertz CT molecular complexity index is 837. The summed E-state index contributed by atoms with van der Waals surface area (Å²) in [6.07, 6.45) is 5.14. The molecule has 3 rings (SSSR count). The molecule has 2 aromatic rings. The topological polar surface area (TPSA) is 70.0 Å². The number of aromatic nitrogens is 1. The molecular formula is C24H32N4O. The van der Waals surface area contributed by atoms with E-state index in [2.05, 4.69) is 48.5 Å². The van der Waals surface area contributed by atoms with Crippen LogP contribution in [-0.4, -0.2) is 30.7 Å². The molecule has 1 saturated heterocycles. The summed E-state index contributed by atoms with van der Waals surface area (Å²) in [6, 6.07) is 12.6. The number of piperidine rings is 1. The van der Waals surface area contributed by atoms with Crippen LogP contribution in [0, 0.1) is 23.2 Å². The Balaban J connectivity index is 1.70. The molecule has 29 heavy (non-hydrogen) atoms. The second-order valence-electron chi connectivity index (χ2n) is 8.47. The largest absolute Gasteiger partial charge is 0.492 e. The summed E-state index contributed by atoms with van der Waals surface area (Å²) in [4.78, 5) is 4.47. The van der Waals surface area contributed by atoms with Crippen LogP contribution in [0.2, 0.25) is 0 Å². The number of rotatable bonds is 8. The van der Waals surface area contributed by atoms with E-state index in [1.165, 1.54) is 0 Å². The van der Waals surface area contributed by atoms with Crippen LogP contribution in [0.15, 0.2) is 36.5 Å². The molecule has 0 amide bonds. The number of ether oxygens (including phenoxy) is 1.